The number of benzene rings is 3. The number of β-amino-alcohol motifs (C(OH)–C–C–N with tert-alkyl or cyclic N) is 1. The molecule has 0 aromatic heterocycles. The van der Waals surface area contributed by atoms with E-state index in [-0.39, 0.29) is 22.3 Å². The summed E-state index contributed by atoms with van der Waals surface area (Å²) in [5.41, 5.74) is 2.38. The van der Waals surface area contributed by atoms with E-state index in [0.717, 1.165) is 24.9 Å². The zero-order valence-corrected chi connectivity index (χ0v) is 21.5. The van der Waals surface area contributed by atoms with Gasteiger partial charge in [0.05, 0.1) is 22.3 Å². The second-order valence-electron chi connectivity index (χ2n) is 9.12. The lowest BCUT2D eigenvalue weighted by Crippen LogP contribution is -2.46. The van der Waals surface area contributed by atoms with Gasteiger partial charge in [-0.1, -0.05) is 42.5 Å². The monoisotopic (exact) mass is 527 g/mol. The van der Waals surface area contributed by atoms with E-state index >= 15 is 0 Å². The van der Waals surface area contributed by atoms with Crippen LogP contribution in [0, 0.1) is 5.92 Å². The van der Waals surface area contributed by atoms with Gasteiger partial charge >= 0.3 is 5.97 Å². The average molecular weight is 528 g/mol. The van der Waals surface area contributed by atoms with Gasteiger partial charge in [0.1, 0.15) is 5.75 Å². The molecule has 1 aliphatic rings. The number of likely N-dealkylation sites (tertiary alicyclic amines) is 1. The third-order valence-electron chi connectivity index (χ3n) is 6.53. The SMILES string of the molecule is O=C(Oc1ccc(S(=O)(=O)CCN2CC[C@H](Cc3ccccc3)[C@H](O)C2)cc1)c1cccc(CCl)c1. The molecule has 2 atom stereocenters. The number of alkyl halides is 1. The molecule has 1 fully saturated rings. The molecule has 6 nitrogen and oxygen atoms in total. The molecule has 8 heteroatoms. The fourth-order valence-corrected chi connectivity index (χ4v) is 5.88. The highest BCUT2D eigenvalue weighted by atomic mass is 35.5. The van der Waals surface area contributed by atoms with Crippen molar-refractivity contribution < 1.29 is 23.1 Å². The lowest BCUT2D eigenvalue weighted by atomic mass is 9.88. The van der Waals surface area contributed by atoms with E-state index in [0.29, 0.717) is 24.5 Å². The zero-order chi connectivity index (χ0) is 25.5. The van der Waals surface area contributed by atoms with Crippen molar-refractivity contribution in [3.05, 3.63) is 95.6 Å². The van der Waals surface area contributed by atoms with Crippen molar-refractivity contribution in [1.29, 1.82) is 0 Å². The summed E-state index contributed by atoms with van der Waals surface area (Å²) in [6.07, 6.45) is 1.16. The molecule has 0 amide bonds. The van der Waals surface area contributed by atoms with Gasteiger partial charge in [0.15, 0.2) is 9.84 Å². The quantitative estimate of drug-likeness (QED) is 0.253. The minimum atomic E-state index is -3.52. The number of hydrogen-bond donors (Lipinski definition) is 1. The first-order valence-electron chi connectivity index (χ1n) is 12.0. The number of esters is 1. The third kappa shape index (κ3) is 6.95. The van der Waals surface area contributed by atoms with E-state index in [1.165, 1.54) is 29.8 Å². The van der Waals surface area contributed by atoms with Crippen LogP contribution >= 0.6 is 11.6 Å². The molecule has 0 bridgehead atoms. The Bertz CT molecular complexity index is 1260. The highest BCUT2D eigenvalue weighted by molar-refractivity contribution is 7.91. The Morgan fingerprint density at radius 3 is 2.42 bits per heavy atom. The van der Waals surface area contributed by atoms with Crippen LogP contribution in [-0.4, -0.2) is 55.9 Å². The van der Waals surface area contributed by atoms with Gasteiger partial charge < -0.3 is 9.84 Å². The van der Waals surface area contributed by atoms with Crippen LogP contribution in [0.4, 0.5) is 0 Å². The van der Waals surface area contributed by atoms with Gasteiger partial charge in [-0.05, 0) is 72.8 Å². The molecule has 0 aliphatic carbocycles. The first-order valence-corrected chi connectivity index (χ1v) is 14.2. The number of halogens is 1. The van der Waals surface area contributed by atoms with Crippen LogP contribution in [0.5, 0.6) is 5.75 Å². The Morgan fingerprint density at radius 1 is 1.00 bits per heavy atom. The molecular weight excluding hydrogens is 498 g/mol. The minimum absolute atomic E-state index is 0.0482. The van der Waals surface area contributed by atoms with Crippen molar-refractivity contribution in [3.63, 3.8) is 0 Å². The van der Waals surface area contributed by atoms with Gasteiger partial charge in [0.2, 0.25) is 0 Å². The second-order valence-corrected chi connectivity index (χ2v) is 11.5. The lowest BCUT2D eigenvalue weighted by Gasteiger charge is -2.36. The Labute approximate surface area is 217 Å². The van der Waals surface area contributed by atoms with E-state index in [1.54, 1.807) is 18.2 Å². The van der Waals surface area contributed by atoms with Gasteiger partial charge in [0.25, 0.3) is 0 Å². The molecule has 3 aromatic carbocycles. The summed E-state index contributed by atoms with van der Waals surface area (Å²) < 4.78 is 31.1. The molecule has 0 radical (unpaired) electrons. The van der Waals surface area contributed by atoms with Crippen molar-refractivity contribution >= 4 is 27.4 Å². The molecule has 1 heterocycles. The molecule has 1 aliphatic heterocycles. The summed E-state index contributed by atoms with van der Waals surface area (Å²) in [5, 5.41) is 10.6. The molecule has 0 unspecified atom stereocenters. The van der Waals surface area contributed by atoms with Crippen LogP contribution in [0.1, 0.15) is 27.9 Å². The standard InChI is InChI=1S/C28H30ClNO5S/c29-19-22-7-4-8-24(18-22)28(32)35-25-9-11-26(12-10-25)36(33,34)16-15-30-14-13-23(27(31)20-30)17-21-5-2-1-3-6-21/h1-12,18,23,27,31H,13-17,19-20H2/t23-,27-/m1/s1. The molecule has 0 saturated carbocycles. The normalized spacial score (nSPS) is 18.6. The number of carbonyl (C=O) groups is 1. The first-order chi connectivity index (χ1) is 17.3. The fourth-order valence-electron chi connectivity index (χ4n) is 4.43. The molecule has 1 saturated heterocycles. The van der Waals surface area contributed by atoms with Crippen molar-refractivity contribution in [3.8, 4) is 5.75 Å². The highest BCUT2D eigenvalue weighted by Gasteiger charge is 2.28. The number of nitrogens with zero attached hydrogens (tertiary/aromatic N) is 1. The summed E-state index contributed by atoms with van der Waals surface area (Å²) in [6.45, 7) is 1.57. The van der Waals surface area contributed by atoms with Gasteiger partial charge in [0, 0.05) is 19.0 Å². The molecule has 36 heavy (non-hydrogen) atoms. The Balaban J connectivity index is 1.29. The lowest BCUT2D eigenvalue weighted by molar-refractivity contribution is 0.0245. The number of piperidine rings is 1. The van der Waals surface area contributed by atoms with Gasteiger partial charge in [-0.2, -0.15) is 0 Å². The van der Waals surface area contributed by atoms with E-state index in [1.807, 2.05) is 29.2 Å². The van der Waals surface area contributed by atoms with E-state index in [9.17, 15) is 18.3 Å². The van der Waals surface area contributed by atoms with E-state index < -0.39 is 21.9 Å². The van der Waals surface area contributed by atoms with Crippen LogP contribution < -0.4 is 4.74 Å². The molecular formula is C28H30ClNO5S. The van der Waals surface area contributed by atoms with Gasteiger partial charge in [-0.25, -0.2) is 13.2 Å². The van der Waals surface area contributed by atoms with Crippen LogP contribution in [0.15, 0.2) is 83.8 Å². The predicted octanol–water partition coefficient (Wildman–Crippen LogP) is 4.34. The first kappa shape index (κ1) is 26.4. The van der Waals surface area contributed by atoms with Gasteiger partial charge in [-0.15, -0.1) is 11.6 Å². The number of hydrogen-bond acceptors (Lipinski definition) is 6. The summed E-state index contributed by atoms with van der Waals surface area (Å²) in [7, 11) is -3.52. The van der Waals surface area contributed by atoms with Crippen LogP contribution in [0.25, 0.3) is 0 Å². The van der Waals surface area contributed by atoms with Gasteiger partial charge in [-0.3, -0.25) is 4.90 Å². The number of carbonyl (C=O) groups excluding carboxylic acids is 1. The summed E-state index contributed by atoms with van der Waals surface area (Å²) in [4.78, 5) is 14.6. The number of aliphatic hydroxyl groups excluding tert-OH is 1. The topological polar surface area (TPSA) is 83.9 Å². The van der Waals surface area contributed by atoms with E-state index in [4.69, 9.17) is 16.3 Å². The average Bonchev–Trinajstić information content (AvgIpc) is 2.90. The molecule has 3 aromatic rings. The predicted molar refractivity (Wildman–Crippen MR) is 140 cm³/mol. The van der Waals surface area contributed by atoms with Crippen molar-refractivity contribution in [1.82, 2.24) is 4.90 Å². The Hall–Kier alpha value is -2.71. The zero-order valence-electron chi connectivity index (χ0n) is 19.9. The summed E-state index contributed by atoms with van der Waals surface area (Å²) in [5.74, 6) is 0.143. The molecule has 190 valence electrons. The number of aliphatic hydroxyl groups is 1. The van der Waals surface area contributed by atoms with Crippen molar-refractivity contribution in [2.24, 2.45) is 5.92 Å². The third-order valence-corrected chi connectivity index (χ3v) is 8.55. The highest BCUT2D eigenvalue weighted by Crippen LogP contribution is 2.23. The molecule has 1 N–H and O–H groups in total. The summed E-state index contributed by atoms with van der Waals surface area (Å²) in [6, 6.07) is 22.8. The van der Waals surface area contributed by atoms with Crippen molar-refractivity contribution in [2.45, 2.75) is 29.7 Å². The second kappa shape index (κ2) is 12.0. The van der Waals surface area contributed by atoms with E-state index in [2.05, 4.69) is 12.1 Å². The molecule has 0 spiro atoms. The smallest absolute Gasteiger partial charge is 0.343 e. The Kier molecular flexibility index (Phi) is 8.80. The number of ether oxygens (including phenoxy) is 1. The van der Waals surface area contributed by atoms with Crippen LogP contribution in [-0.2, 0) is 22.1 Å². The van der Waals surface area contributed by atoms with Crippen LogP contribution in [0.3, 0.4) is 0 Å². The molecule has 4 rings (SSSR count). The largest absolute Gasteiger partial charge is 0.423 e. The maximum atomic E-state index is 12.9. The number of sulfone groups is 1. The van der Waals surface area contributed by atoms with Crippen molar-refractivity contribution in [2.75, 3.05) is 25.4 Å². The minimum Gasteiger partial charge on any atom is -0.423 e. The Morgan fingerprint density at radius 2 is 1.72 bits per heavy atom. The number of rotatable bonds is 9. The maximum absolute atomic E-state index is 12.9. The maximum Gasteiger partial charge on any atom is 0.343 e. The van der Waals surface area contributed by atoms with Crippen LogP contribution in [0.2, 0.25) is 0 Å². The fraction of sp³-hybridized carbons (Fsp3) is 0.321. The summed E-state index contributed by atoms with van der Waals surface area (Å²) >= 11 is 5.82.